The number of hydrogen-bond acceptors (Lipinski definition) is 12. The first-order valence-electron chi connectivity index (χ1n) is 16.8. The number of thioether (sulfide) groups is 2. The highest BCUT2D eigenvalue weighted by molar-refractivity contribution is 9.10. The van der Waals surface area contributed by atoms with E-state index < -0.39 is 47.4 Å². The minimum atomic E-state index is -3.20. The number of aromatic nitrogens is 5. The van der Waals surface area contributed by atoms with Gasteiger partial charge in [0.05, 0.1) is 25.8 Å². The fraction of sp³-hybridized carbons (Fsp3) is 0.222. The average Bonchev–Trinajstić information content (AvgIpc) is 3.17. The number of benzene rings is 2. The molecule has 0 spiro atoms. The summed E-state index contributed by atoms with van der Waals surface area (Å²) in [5.41, 5.74) is 1.62. The number of aromatic amines is 1. The second-order valence-corrected chi connectivity index (χ2v) is 16.6. The van der Waals surface area contributed by atoms with E-state index in [0.29, 0.717) is 26.4 Å². The molecule has 5 N–H and O–H groups in total. The number of primary amides is 1. The van der Waals surface area contributed by atoms with Crippen LogP contribution in [0.2, 0.25) is 20.1 Å². The zero-order valence-corrected chi connectivity index (χ0v) is 38.5. The number of amides is 3. The first-order chi connectivity index (χ1) is 28.7. The standard InChI is InChI=1S/C18H14Cl2F2N4O3S.C14H12BrCl2NOS.C4H5F2N3O2.B/c1-3-30-12-6-13(23-7-8(12)2)29-15-10(19)4-9(5-11(15)20)26-18(28)24-17(27)14(25-26)16(21)22;1-3-20-12-6-13(18-7-8(12)2)19-14-10(16)4-9(15)5-11(14)17;5-2(6)1(7)3(10)9-4(8)11;/h4-7,16H,3H2,1-2H3,(H,24,27,28);4-7H,3H2,1-2H3;2,7H,(H3,8,9,10,11);. The molecule has 0 saturated carbocycles. The number of halogens is 9. The Morgan fingerprint density at radius 3 is 1.68 bits per heavy atom. The van der Waals surface area contributed by atoms with Crippen molar-refractivity contribution in [1.29, 1.82) is 5.41 Å². The Morgan fingerprint density at radius 2 is 1.29 bits per heavy atom. The summed E-state index contributed by atoms with van der Waals surface area (Å²) in [6, 6.07) is 8.35. The third kappa shape index (κ3) is 15.5. The van der Waals surface area contributed by atoms with E-state index in [1.54, 1.807) is 59.1 Å². The van der Waals surface area contributed by atoms with E-state index in [1.807, 2.05) is 26.8 Å². The van der Waals surface area contributed by atoms with Gasteiger partial charge < -0.3 is 15.2 Å². The smallest absolute Gasteiger partial charge is 0.349 e. The maximum Gasteiger partial charge on any atom is 0.349 e. The highest BCUT2D eigenvalue weighted by Gasteiger charge is 2.21. The van der Waals surface area contributed by atoms with Crippen LogP contribution >= 0.6 is 85.9 Å². The first kappa shape index (κ1) is 53.8. The summed E-state index contributed by atoms with van der Waals surface area (Å²) in [5.74, 6) is 1.60. The number of carbonyl (C=O) groups excluding carboxylic acids is 2. The molecular formula is C36H31BBrCl4F4N8O6S2. The molecule has 14 nitrogen and oxygen atoms in total. The largest absolute Gasteiger partial charge is 0.436 e. The Labute approximate surface area is 389 Å². The van der Waals surface area contributed by atoms with Gasteiger partial charge in [0.15, 0.2) is 22.9 Å². The predicted octanol–water partition coefficient (Wildman–Crippen LogP) is 10.2. The highest BCUT2D eigenvalue weighted by atomic mass is 79.9. The molecule has 0 fully saturated rings. The normalized spacial score (nSPS) is 10.5. The van der Waals surface area contributed by atoms with Crippen LogP contribution in [-0.2, 0) is 4.79 Å². The molecule has 3 heterocycles. The van der Waals surface area contributed by atoms with Gasteiger partial charge in [0.2, 0.25) is 11.8 Å². The van der Waals surface area contributed by atoms with Crippen molar-refractivity contribution in [3.8, 4) is 28.9 Å². The number of aryl methyl sites for hydroxylation is 2. The fourth-order valence-corrected chi connectivity index (χ4v) is 7.71. The predicted molar refractivity (Wildman–Crippen MR) is 238 cm³/mol. The molecule has 26 heteroatoms. The molecular weight excluding hydrogens is 1010 g/mol. The van der Waals surface area contributed by atoms with E-state index in [1.165, 1.54) is 17.4 Å². The molecule has 0 saturated heterocycles. The maximum absolute atomic E-state index is 13.0. The second kappa shape index (κ2) is 25.1. The summed E-state index contributed by atoms with van der Waals surface area (Å²) in [6.45, 7) is 8.07. The van der Waals surface area contributed by atoms with Gasteiger partial charge in [-0.25, -0.2) is 37.1 Å². The summed E-state index contributed by atoms with van der Waals surface area (Å²) < 4.78 is 61.7. The molecule has 0 bridgehead atoms. The number of pyridine rings is 2. The number of ether oxygens (including phenoxy) is 2. The second-order valence-electron chi connectivity index (χ2n) is 11.5. The molecule has 0 aliphatic carbocycles. The Morgan fingerprint density at radius 1 is 0.855 bits per heavy atom. The lowest BCUT2D eigenvalue weighted by atomic mass is 10.3. The minimum absolute atomic E-state index is 0. The third-order valence-electron chi connectivity index (χ3n) is 7.02. The lowest BCUT2D eigenvalue weighted by Gasteiger charge is -2.13. The van der Waals surface area contributed by atoms with Crippen LogP contribution in [0.25, 0.3) is 5.69 Å². The molecule has 62 heavy (non-hydrogen) atoms. The Balaban J connectivity index is 0.000000356. The van der Waals surface area contributed by atoms with Crippen molar-refractivity contribution in [2.45, 2.75) is 50.3 Å². The SMILES string of the molecule is CCSc1cc(Oc2c(Cl)cc(-n3nc(C(F)F)c(=O)[nH]c3=O)cc2Cl)ncc1C.CCSc1cc(Oc2c(Cl)cc(Br)cc2Cl)ncc1C.N=C(C(=O)NC(N)=O)C(F)F.[B]. The van der Waals surface area contributed by atoms with E-state index in [9.17, 15) is 36.7 Å². The quantitative estimate of drug-likeness (QED) is 0.0400. The van der Waals surface area contributed by atoms with Crippen LogP contribution in [0.15, 0.2) is 72.6 Å². The van der Waals surface area contributed by atoms with Crippen molar-refractivity contribution in [3.63, 3.8) is 0 Å². The Hall–Kier alpha value is -4.32. The van der Waals surface area contributed by atoms with Gasteiger partial charge in [-0.15, -0.1) is 23.5 Å². The number of nitrogens with one attached hydrogen (secondary N) is 3. The molecule has 3 radical (unpaired) electrons. The molecule has 329 valence electrons. The lowest BCUT2D eigenvalue weighted by Crippen LogP contribution is -2.41. The van der Waals surface area contributed by atoms with Crippen molar-refractivity contribution < 1.29 is 36.6 Å². The maximum atomic E-state index is 13.0. The fourth-order valence-electron chi connectivity index (χ4n) is 4.32. The number of alkyl halides is 4. The van der Waals surface area contributed by atoms with Crippen molar-refractivity contribution in [1.82, 2.24) is 30.0 Å². The number of rotatable bonds is 12. The van der Waals surface area contributed by atoms with Gasteiger partial charge in [0.1, 0.15) is 0 Å². The Kier molecular flexibility index (Phi) is 21.8. The average molecular weight is 1040 g/mol. The van der Waals surface area contributed by atoms with Crippen molar-refractivity contribution in [2.75, 3.05) is 11.5 Å². The number of urea groups is 1. The van der Waals surface area contributed by atoms with Gasteiger partial charge in [-0.3, -0.25) is 25.3 Å². The zero-order chi connectivity index (χ0) is 45.7. The van der Waals surface area contributed by atoms with Gasteiger partial charge in [-0.05, 0) is 60.7 Å². The van der Waals surface area contributed by atoms with Crippen molar-refractivity contribution in [3.05, 3.63) is 111 Å². The summed E-state index contributed by atoms with van der Waals surface area (Å²) in [4.78, 5) is 56.0. The molecule has 3 amide bonds. The highest BCUT2D eigenvalue weighted by Crippen LogP contribution is 2.40. The molecule has 5 aromatic rings. The van der Waals surface area contributed by atoms with E-state index in [2.05, 4.69) is 43.7 Å². The number of H-pyrrole nitrogens is 1. The molecule has 3 aromatic heterocycles. The topological polar surface area (TPSA) is 208 Å². The Bertz CT molecular complexity index is 2500. The van der Waals surface area contributed by atoms with Crippen LogP contribution in [0.5, 0.6) is 23.3 Å². The number of carbonyl (C=O) groups is 2. The van der Waals surface area contributed by atoms with E-state index in [0.717, 1.165) is 36.9 Å². The first-order valence-corrected chi connectivity index (χ1v) is 21.1. The van der Waals surface area contributed by atoms with E-state index >= 15 is 0 Å². The minimum Gasteiger partial charge on any atom is -0.436 e. The molecule has 2 aromatic carbocycles. The molecule has 0 atom stereocenters. The number of imide groups is 1. The summed E-state index contributed by atoms with van der Waals surface area (Å²) >= 11 is 31.5. The number of nitrogens with two attached hydrogens (primary N) is 1. The van der Waals surface area contributed by atoms with Gasteiger partial charge in [0.25, 0.3) is 24.3 Å². The zero-order valence-electron chi connectivity index (χ0n) is 32.3. The van der Waals surface area contributed by atoms with Crippen LogP contribution in [0, 0.1) is 19.3 Å². The third-order valence-corrected chi connectivity index (χ3v) is 10.7. The molecule has 0 aliphatic heterocycles. The van der Waals surface area contributed by atoms with Gasteiger partial charge >= 0.3 is 11.7 Å². The van der Waals surface area contributed by atoms with Gasteiger partial charge in [-0.2, -0.15) is 9.78 Å². The summed E-state index contributed by atoms with van der Waals surface area (Å²) in [5, 5.41) is 12.0. The molecule has 0 aliphatic rings. The summed E-state index contributed by atoms with van der Waals surface area (Å²) in [7, 11) is 0. The monoisotopic (exact) mass is 1040 g/mol. The van der Waals surface area contributed by atoms with E-state index in [4.69, 9.17) is 61.3 Å². The van der Waals surface area contributed by atoms with Gasteiger partial charge in [-0.1, -0.05) is 76.2 Å². The van der Waals surface area contributed by atoms with Gasteiger partial charge in [0, 0.05) is 47.2 Å². The number of nitrogens with zero attached hydrogens (tertiary/aromatic N) is 4. The number of hydrogen-bond donors (Lipinski definition) is 4. The molecule has 5 rings (SSSR count). The van der Waals surface area contributed by atoms with E-state index in [-0.39, 0.29) is 35.8 Å². The van der Waals surface area contributed by atoms with Crippen molar-refractivity contribution in [2.24, 2.45) is 5.73 Å². The van der Waals surface area contributed by atoms with Crippen LogP contribution in [-0.4, -0.2) is 68.7 Å². The van der Waals surface area contributed by atoms with Crippen LogP contribution < -0.4 is 31.8 Å². The summed E-state index contributed by atoms with van der Waals surface area (Å²) in [6.07, 6.45) is -2.93. The van der Waals surface area contributed by atoms with Crippen LogP contribution in [0.3, 0.4) is 0 Å². The van der Waals surface area contributed by atoms with Crippen LogP contribution in [0.4, 0.5) is 22.4 Å². The molecule has 0 unspecified atom stereocenters. The van der Waals surface area contributed by atoms with Crippen LogP contribution in [0.1, 0.15) is 37.1 Å². The van der Waals surface area contributed by atoms with Crippen molar-refractivity contribution >= 4 is 112 Å². The lowest BCUT2D eigenvalue weighted by molar-refractivity contribution is -0.114.